The third-order valence-corrected chi connectivity index (χ3v) is 5.38. The van der Waals surface area contributed by atoms with Crippen molar-refractivity contribution in [1.29, 1.82) is 0 Å². The molecule has 0 aliphatic heterocycles. The van der Waals surface area contributed by atoms with E-state index in [1.165, 1.54) is 25.7 Å². The minimum absolute atomic E-state index is 0.318. The van der Waals surface area contributed by atoms with E-state index in [-0.39, 0.29) is 0 Å². The number of hydrogen-bond donors (Lipinski definition) is 2. The van der Waals surface area contributed by atoms with Crippen LogP contribution in [0.3, 0.4) is 0 Å². The number of aromatic nitrogens is 1. The topological polar surface area (TPSA) is 58.5 Å². The largest absolute Gasteiger partial charge is 0.378 e. The van der Waals surface area contributed by atoms with Crippen molar-refractivity contribution in [1.82, 2.24) is 15.6 Å². The highest BCUT2D eigenvalue weighted by atomic mass is 16.5. The highest BCUT2D eigenvalue weighted by molar-refractivity contribution is 5.80. The molecule has 2 atom stereocenters. The molecular formula is C18H28N4O. The summed E-state index contributed by atoms with van der Waals surface area (Å²) in [6, 6.07) is 6.43. The first-order valence-corrected chi connectivity index (χ1v) is 8.77. The molecule has 2 fully saturated rings. The fraction of sp³-hybridized carbons (Fsp3) is 0.667. The van der Waals surface area contributed by atoms with Crippen LogP contribution in [0.4, 0.5) is 0 Å². The normalized spacial score (nSPS) is 26.1. The van der Waals surface area contributed by atoms with Crippen LogP contribution in [0.15, 0.2) is 29.4 Å². The zero-order chi connectivity index (χ0) is 16.1. The minimum atomic E-state index is 0.318. The lowest BCUT2D eigenvalue weighted by molar-refractivity contribution is -0.125. The van der Waals surface area contributed by atoms with Crippen molar-refractivity contribution in [2.45, 2.75) is 57.7 Å². The molecule has 126 valence electrons. The molecule has 0 saturated heterocycles. The molecule has 2 unspecified atom stereocenters. The van der Waals surface area contributed by atoms with Crippen molar-refractivity contribution < 1.29 is 4.74 Å². The fourth-order valence-corrected chi connectivity index (χ4v) is 4.13. The van der Waals surface area contributed by atoms with E-state index in [2.05, 4.69) is 27.5 Å². The molecule has 1 spiro atoms. The van der Waals surface area contributed by atoms with Crippen molar-refractivity contribution in [3.63, 3.8) is 0 Å². The highest BCUT2D eigenvalue weighted by Crippen LogP contribution is 2.54. The monoisotopic (exact) mass is 316 g/mol. The summed E-state index contributed by atoms with van der Waals surface area (Å²) in [5, 5.41) is 7.00. The number of hydrogen-bond acceptors (Lipinski definition) is 3. The third kappa shape index (κ3) is 3.34. The molecule has 0 bridgehead atoms. The van der Waals surface area contributed by atoms with Gasteiger partial charge in [0.05, 0.1) is 18.3 Å². The smallest absolute Gasteiger partial charge is 0.191 e. The van der Waals surface area contributed by atoms with Gasteiger partial charge in [-0.1, -0.05) is 18.9 Å². The van der Waals surface area contributed by atoms with Crippen LogP contribution in [0, 0.1) is 5.41 Å². The molecule has 0 radical (unpaired) electrons. The summed E-state index contributed by atoms with van der Waals surface area (Å²) in [5.41, 5.74) is 1.34. The first-order valence-electron chi connectivity index (χ1n) is 8.77. The van der Waals surface area contributed by atoms with E-state index in [1.807, 2.05) is 31.4 Å². The van der Waals surface area contributed by atoms with Crippen LogP contribution in [0.5, 0.6) is 0 Å². The van der Waals surface area contributed by atoms with Crippen molar-refractivity contribution in [3.05, 3.63) is 30.1 Å². The Labute approximate surface area is 138 Å². The first-order chi connectivity index (χ1) is 11.3. The van der Waals surface area contributed by atoms with E-state index in [1.54, 1.807) is 0 Å². The van der Waals surface area contributed by atoms with Gasteiger partial charge in [-0.3, -0.25) is 9.98 Å². The molecule has 5 nitrogen and oxygen atoms in total. The number of rotatable bonds is 5. The number of nitrogens with zero attached hydrogens (tertiary/aromatic N) is 2. The standard InChI is InChI=1S/C18H28N4O/c1-3-23-16-12-15(18(16)9-5-6-10-18)22-17(19-2)21-13-14-8-4-7-11-20-14/h4,7-8,11,15-16H,3,5-6,9-10,12-13H2,1-2H3,(H2,19,21,22). The molecule has 0 amide bonds. The van der Waals surface area contributed by atoms with Gasteiger partial charge in [0, 0.05) is 31.3 Å². The summed E-state index contributed by atoms with van der Waals surface area (Å²) in [6.07, 6.45) is 8.50. The zero-order valence-electron chi connectivity index (χ0n) is 14.2. The van der Waals surface area contributed by atoms with Crippen LogP contribution in [-0.2, 0) is 11.3 Å². The molecule has 1 heterocycles. The summed E-state index contributed by atoms with van der Waals surface area (Å²) < 4.78 is 5.98. The quantitative estimate of drug-likeness (QED) is 0.647. The molecule has 3 rings (SSSR count). The Morgan fingerprint density at radius 1 is 1.39 bits per heavy atom. The van der Waals surface area contributed by atoms with Crippen LogP contribution in [0.1, 0.15) is 44.7 Å². The fourth-order valence-electron chi connectivity index (χ4n) is 4.13. The van der Waals surface area contributed by atoms with Gasteiger partial charge in [-0.25, -0.2) is 0 Å². The van der Waals surface area contributed by atoms with E-state index in [0.29, 0.717) is 24.1 Å². The second-order valence-electron chi connectivity index (χ2n) is 6.56. The Balaban J connectivity index is 1.57. The van der Waals surface area contributed by atoms with E-state index >= 15 is 0 Å². The van der Waals surface area contributed by atoms with Crippen LogP contribution in [-0.4, -0.2) is 36.7 Å². The maximum atomic E-state index is 5.98. The van der Waals surface area contributed by atoms with Gasteiger partial charge in [0.1, 0.15) is 0 Å². The lowest BCUT2D eigenvalue weighted by atomic mass is 9.60. The number of pyridine rings is 1. The van der Waals surface area contributed by atoms with Gasteiger partial charge in [0.15, 0.2) is 5.96 Å². The van der Waals surface area contributed by atoms with Gasteiger partial charge in [-0.05, 0) is 38.3 Å². The van der Waals surface area contributed by atoms with Crippen molar-refractivity contribution in [2.24, 2.45) is 10.4 Å². The highest BCUT2D eigenvalue weighted by Gasteiger charge is 2.56. The molecule has 2 aliphatic rings. The van der Waals surface area contributed by atoms with E-state index in [4.69, 9.17) is 4.74 Å². The van der Waals surface area contributed by atoms with Crippen LogP contribution < -0.4 is 10.6 Å². The molecule has 2 aliphatic carbocycles. The van der Waals surface area contributed by atoms with Crippen LogP contribution in [0.2, 0.25) is 0 Å². The lowest BCUT2D eigenvalue weighted by Crippen LogP contribution is -2.65. The number of ether oxygens (including phenoxy) is 1. The molecule has 0 aromatic carbocycles. The summed E-state index contributed by atoms with van der Waals surface area (Å²) in [6.45, 7) is 3.59. The second-order valence-corrected chi connectivity index (χ2v) is 6.56. The van der Waals surface area contributed by atoms with Crippen molar-refractivity contribution in [2.75, 3.05) is 13.7 Å². The van der Waals surface area contributed by atoms with Gasteiger partial charge in [-0.2, -0.15) is 0 Å². The van der Waals surface area contributed by atoms with Crippen molar-refractivity contribution in [3.8, 4) is 0 Å². The predicted molar refractivity (Wildman–Crippen MR) is 92.3 cm³/mol. The Morgan fingerprint density at radius 2 is 2.22 bits per heavy atom. The molecule has 1 aromatic rings. The Kier molecular flexibility index (Phi) is 5.16. The average Bonchev–Trinajstić information content (AvgIpc) is 3.10. The Morgan fingerprint density at radius 3 is 2.87 bits per heavy atom. The summed E-state index contributed by atoms with van der Waals surface area (Å²) in [7, 11) is 1.83. The minimum Gasteiger partial charge on any atom is -0.378 e. The SMILES string of the molecule is CCOC1CC(NC(=NC)NCc2ccccn2)C12CCCC2. The molecule has 2 saturated carbocycles. The number of aliphatic imine (C=N–C) groups is 1. The number of nitrogens with one attached hydrogen (secondary N) is 2. The van der Waals surface area contributed by atoms with Crippen LogP contribution in [0.25, 0.3) is 0 Å². The number of guanidine groups is 1. The van der Waals surface area contributed by atoms with Gasteiger partial charge in [0.25, 0.3) is 0 Å². The summed E-state index contributed by atoms with van der Waals surface area (Å²) >= 11 is 0. The third-order valence-electron chi connectivity index (χ3n) is 5.38. The predicted octanol–water partition coefficient (Wildman–Crippen LogP) is 2.48. The van der Waals surface area contributed by atoms with E-state index in [9.17, 15) is 0 Å². The van der Waals surface area contributed by atoms with Gasteiger partial charge >= 0.3 is 0 Å². The first kappa shape index (κ1) is 16.2. The lowest BCUT2D eigenvalue weighted by Gasteiger charge is -2.54. The van der Waals surface area contributed by atoms with E-state index < -0.39 is 0 Å². The van der Waals surface area contributed by atoms with Gasteiger partial charge in [-0.15, -0.1) is 0 Å². The molecule has 23 heavy (non-hydrogen) atoms. The Bertz CT molecular complexity index is 525. The van der Waals surface area contributed by atoms with E-state index in [0.717, 1.165) is 24.7 Å². The maximum absolute atomic E-state index is 5.98. The molecule has 5 heteroatoms. The van der Waals surface area contributed by atoms with Gasteiger partial charge in [0.2, 0.25) is 0 Å². The maximum Gasteiger partial charge on any atom is 0.191 e. The van der Waals surface area contributed by atoms with Gasteiger partial charge < -0.3 is 15.4 Å². The summed E-state index contributed by atoms with van der Waals surface area (Å²) in [4.78, 5) is 8.72. The zero-order valence-corrected chi connectivity index (χ0v) is 14.2. The van der Waals surface area contributed by atoms with Crippen molar-refractivity contribution >= 4 is 5.96 Å². The summed E-state index contributed by atoms with van der Waals surface area (Å²) in [5.74, 6) is 0.863. The Hall–Kier alpha value is -1.62. The molecular weight excluding hydrogens is 288 g/mol. The average molecular weight is 316 g/mol. The molecule has 2 N–H and O–H groups in total. The van der Waals surface area contributed by atoms with Crippen LogP contribution >= 0.6 is 0 Å². The second kappa shape index (κ2) is 7.30. The molecule has 1 aromatic heterocycles.